The lowest BCUT2D eigenvalue weighted by molar-refractivity contribution is 0.0677. The van der Waals surface area contributed by atoms with Crippen LogP contribution in [-0.2, 0) is 6.42 Å². The molecule has 0 bridgehead atoms. The molecule has 168 valence electrons. The molecule has 1 atom stereocenters. The number of nitrogens with one attached hydrogen (secondary N) is 1. The van der Waals surface area contributed by atoms with E-state index in [0.29, 0.717) is 28.6 Å². The van der Waals surface area contributed by atoms with Gasteiger partial charge < -0.3 is 19.7 Å². The van der Waals surface area contributed by atoms with Crippen molar-refractivity contribution in [3.05, 3.63) is 53.7 Å². The number of amides is 1. The van der Waals surface area contributed by atoms with Crippen molar-refractivity contribution in [1.29, 1.82) is 0 Å². The van der Waals surface area contributed by atoms with Crippen LogP contribution in [0, 0.1) is 5.92 Å². The first kappa shape index (κ1) is 21.9. The molecular weight excluding hydrogens is 402 g/mol. The molecule has 2 aromatic carbocycles. The molecule has 0 unspecified atom stereocenters. The highest BCUT2D eigenvalue weighted by Gasteiger charge is 2.24. The monoisotopic (exact) mass is 433 g/mol. The van der Waals surface area contributed by atoms with Crippen LogP contribution in [0.3, 0.4) is 0 Å². The van der Waals surface area contributed by atoms with E-state index in [9.17, 15) is 4.79 Å². The van der Waals surface area contributed by atoms with Crippen LogP contribution in [0.25, 0.3) is 10.9 Å². The van der Waals surface area contributed by atoms with Gasteiger partial charge in [-0.1, -0.05) is 26.0 Å². The Morgan fingerprint density at radius 1 is 1.16 bits per heavy atom. The van der Waals surface area contributed by atoms with Crippen molar-refractivity contribution >= 4 is 28.2 Å². The van der Waals surface area contributed by atoms with E-state index in [-0.39, 0.29) is 5.91 Å². The van der Waals surface area contributed by atoms with Crippen molar-refractivity contribution in [2.75, 3.05) is 32.6 Å². The van der Waals surface area contributed by atoms with Crippen molar-refractivity contribution in [1.82, 2.24) is 9.88 Å². The van der Waals surface area contributed by atoms with Crippen molar-refractivity contribution in [3.8, 4) is 11.5 Å². The quantitative estimate of drug-likeness (QED) is 0.562. The molecule has 0 saturated carbocycles. The van der Waals surface area contributed by atoms with Gasteiger partial charge in [-0.05, 0) is 55.0 Å². The van der Waals surface area contributed by atoms with E-state index in [1.807, 2.05) is 35.2 Å². The number of aryl methyl sites for hydroxylation is 1. The highest BCUT2D eigenvalue weighted by Crippen LogP contribution is 2.36. The number of anilines is 2. The first-order chi connectivity index (χ1) is 15.5. The Kier molecular flexibility index (Phi) is 6.49. The van der Waals surface area contributed by atoms with E-state index in [4.69, 9.17) is 14.5 Å². The van der Waals surface area contributed by atoms with Crippen molar-refractivity contribution < 1.29 is 14.3 Å². The van der Waals surface area contributed by atoms with E-state index in [0.717, 1.165) is 49.1 Å². The van der Waals surface area contributed by atoms with E-state index in [2.05, 4.69) is 31.3 Å². The van der Waals surface area contributed by atoms with Gasteiger partial charge >= 0.3 is 0 Å². The number of pyridine rings is 1. The lowest BCUT2D eigenvalue weighted by atomic mass is 10.00. The minimum atomic E-state index is -0.0291. The number of ether oxygens (including phenoxy) is 2. The summed E-state index contributed by atoms with van der Waals surface area (Å²) >= 11 is 0. The minimum Gasteiger partial charge on any atom is -0.493 e. The third-order valence-electron chi connectivity index (χ3n) is 6.09. The maximum atomic E-state index is 13.4. The summed E-state index contributed by atoms with van der Waals surface area (Å²) in [6.07, 6.45) is 3.14. The smallest absolute Gasteiger partial charge is 0.272 e. The number of methoxy groups -OCH3 is 2. The van der Waals surface area contributed by atoms with Gasteiger partial charge in [0.15, 0.2) is 11.5 Å². The maximum absolute atomic E-state index is 13.4. The van der Waals surface area contributed by atoms with E-state index in [1.54, 1.807) is 14.2 Å². The van der Waals surface area contributed by atoms with Crippen LogP contribution in [0.1, 0.15) is 42.7 Å². The normalized spacial score (nSPS) is 16.1. The Morgan fingerprint density at radius 2 is 1.94 bits per heavy atom. The van der Waals surface area contributed by atoms with Crippen LogP contribution in [0.2, 0.25) is 0 Å². The van der Waals surface area contributed by atoms with E-state index in [1.165, 1.54) is 5.56 Å². The first-order valence-electron chi connectivity index (χ1n) is 11.2. The van der Waals surface area contributed by atoms with Gasteiger partial charge in [0.25, 0.3) is 5.91 Å². The number of aromatic nitrogens is 1. The predicted molar refractivity (Wildman–Crippen MR) is 128 cm³/mol. The molecule has 1 aromatic heterocycles. The summed E-state index contributed by atoms with van der Waals surface area (Å²) in [5, 5.41) is 4.38. The second-order valence-corrected chi connectivity index (χ2v) is 8.46. The summed E-state index contributed by atoms with van der Waals surface area (Å²) in [6, 6.07) is 13.9. The van der Waals surface area contributed by atoms with E-state index < -0.39 is 0 Å². The molecule has 3 aromatic rings. The molecule has 1 saturated heterocycles. The molecule has 32 heavy (non-hydrogen) atoms. The summed E-state index contributed by atoms with van der Waals surface area (Å²) in [5.74, 6) is 1.68. The predicted octanol–water partition coefficient (Wildman–Crippen LogP) is 5.43. The van der Waals surface area contributed by atoms with Gasteiger partial charge in [-0.25, -0.2) is 4.98 Å². The zero-order chi connectivity index (χ0) is 22.7. The van der Waals surface area contributed by atoms with Crippen LogP contribution in [-0.4, -0.2) is 43.1 Å². The van der Waals surface area contributed by atoms with Gasteiger partial charge in [0, 0.05) is 30.2 Å². The second-order valence-electron chi connectivity index (χ2n) is 8.46. The molecule has 4 rings (SSSR count). The van der Waals surface area contributed by atoms with Gasteiger partial charge in [-0.15, -0.1) is 0 Å². The zero-order valence-electron chi connectivity index (χ0n) is 19.3. The number of nitrogens with zero attached hydrogens (tertiary/aromatic N) is 2. The molecule has 1 aliphatic heterocycles. The number of piperidine rings is 1. The standard InChI is InChI=1S/C26H31N3O3/c1-5-18-9-6-10-19(12-18)27-21-14-23(26(30)29-11-7-8-17(2)16-29)28-22-15-25(32-4)24(31-3)13-20(21)22/h6,9-10,12-15,17H,5,7-8,11,16H2,1-4H3,(H,27,28)/t17-/m1/s1. The fourth-order valence-corrected chi connectivity index (χ4v) is 4.33. The summed E-state index contributed by atoms with van der Waals surface area (Å²) < 4.78 is 11.0. The van der Waals surface area contributed by atoms with Gasteiger partial charge in [0.1, 0.15) is 5.69 Å². The van der Waals surface area contributed by atoms with Crippen LogP contribution < -0.4 is 14.8 Å². The van der Waals surface area contributed by atoms with Crippen LogP contribution in [0.15, 0.2) is 42.5 Å². The Morgan fingerprint density at radius 3 is 2.66 bits per heavy atom. The fourth-order valence-electron chi connectivity index (χ4n) is 4.33. The Bertz CT molecular complexity index is 1130. The van der Waals surface area contributed by atoms with Crippen LogP contribution >= 0.6 is 0 Å². The summed E-state index contributed by atoms with van der Waals surface area (Å²) in [7, 11) is 3.22. The average molecular weight is 434 g/mol. The number of carbonyl (C=O) groups excluding carboxylic acids is 1. The lowest BCUT2D eigenvalue weighted by Gasteiger charge is -2.30. The largest absolute Gasteiger partial charge is 0.493 e. The van der Waals surface area contributed by atoms with Gasteiger partial charge in [-0.2, -0.15) is 0 Å². The minimum absolute atomic E-state index is 0.0291. The fraction of sp³-hybridized carbons (Fsp3) is 0.385. The molecule has 6 heteroatoms. The molecule has 0 radical (unpaired) electrons. The molecular formula is C26H31N3O3. The number of hydrogen-bond donors (Lipinski definition) is 1. The Labute approximate surface area is 189 Å². The molecule has 0 aliphatic carbocycles. The molecule has 1 N–H and O–H groups in total. The maximum Gasteiger partial charge on any atom is 0.272 e. The van der Waals surface area contributed by atoms with Gasteiger partial charge in [0.2, 0.25) is 0 Å². The van der Waals surface area contributed by atoms with E-state index >= 15 is 0 Å². The molecule has 0 spiro atoms. The molecule has 1 aliphatic rings. The number of carbonyl (C=O) groups is 1. The highest BCUT2D eigenvalue weighted by molar-refractivity contribution is 6.01. The lowest BCUT2D eigenvalue weighted by Crippen LogP contribution is -2.39. The van der Waals surface area contributed by atoms with Gasteiger partial charge in [-0.3, -0.25) is 4.79 Å². The van der Waals surface area contributed by atoms with Crippen molar-refractivity contribution in [2.45, 2.75) is 33.1 Å². The second kappa shape index (κ2) is 9.47. The average Bonchev–Trinajstić information content (AvgIpc) is 2.82. The highest BCUT2D eigenvalue weighted by atomic mass is 16.5. The summed E-state index contributed by atoms with van der Waals surface area (Å²) in [6.45, 7) is 5.87. The molecule has 1 fully saturated rings. The molecule has 6 nitrogen and oxygen atoms in total. The van der Waals surface area contributed by atoms with Crippen molar-refractivity contribution in [2.24, 2.45) is 5.92 Å². The molecule has 2 heterocycles. The summed E-state index contributed by atoms with van der Waals surface area (Å²) in [4.78, 5) is 20.0. The van der Waals surface area contributed by atoms with Gasteiger partial charge in [0.05, 0.1) is 25.4 Å². The first-order valence-corrected chi connectivity index (χ1v) is 11.2. The number of benzene rings is 2. The van der Waals surface area contributed by atoms with Crippen molar-refractivity contribution in [3.63, 3.8) is 0 Å². The number of hydrogen-bond acceptors (Lipinski definition) is 5. The topological polar surface area (TPSA) is 63.7 Å². The summed E-state index contributed by atoms with van der Waals surface area (Å²) in [5.41, 5.74) is 4.15. The Balaban J connectivity index is 1.81. The third kappa shape index (κ3) is 4.49. The Hall–Kier alpha value is -3.28. The number of fused-ring (bicyclic) bond motifs is 1. The van der Waals surface area contributed by atoms with Crippen LogP contribution in [0.4, 0.5) is 11.4 Å². The SMILES string of the molecule is CCc1cccc(Nc2cc(C(=O)N3CCC[C@@H](C)C3)nc3cc(OC)c(OC)cc23)c1. The number of likely N-dealkylation sites (tertiary alicyclic amines) is 1. The molecule has 1 amide bonds. The van der Waals surface area contributed by atoms with Crippen LogP contribution in [0.5, 0.6) is 11.5 Å². The zero-order valence-corrected chi connectivity index (χ0v) is 19.3. The number of rotatable bonds is 6. The third-order valence-corrected chi connectivity index (χ3v) is 6.09.